The fourth-order valence-corrected chi connectivity index (χ4v) is 4.96. The SMILES string of the molecule is CC[C@@H](C(=O)Nc1ccc(Cl)cc1)[C@H]1CC[C@@H](c2ccnc3cc(F)ccc32)CC1. The molecule has 2 aromatic carbocycles. The lowest BCUT2D eigenvalue weighted by molar-refractivity contribution is -0.122. The number of rotatable bonds is 5. The molecule has 3 nitrogen and oxygen atoms in total. The number of hydrogen-bond acceptors (Lipinski definition) is 2. The lowest BCUT2D eigenvalue weighted by Crippen LogP contribution is -2.31. The number of aromatic nitrogens is 1. The Bertz CT molecular complexity index is 1030. The lowest BCUT2D eigenvalue weighted by atomic mass is 9.72. The lowest BCUT2D eigenvalue weighted by Gasteiger charge is -2.33. The molecule has 156 valence electrons. The van der Waals surface area contributed by atoms with E-state index in [9.17, 15) is 9.18 Å². The van der Waals surface area contributed by atoms with Crippen LogP contribution in [0, 0.1) is 17.7 Å². The molecule has 1 N–H and O–H groups in total. The van der Waals surface area contributed by atoms with Crippen LogP contribution in [0.15, 0.2) is 54.7 Å². The summed E-state index contributed by atoms with van der Waals surface area (Å²) in [7, 11) is 0. The van der Waals surface area contributed by atoms with Gasteiger partial charge in [0.25, 0.3) is 0 Å². The number of amides is 1. The molecule has 1 aliphatic rings. The summed E-state index contributed by atoms with van der Waals surface area (Å²) >= 11 is 5.93. The second-order valence-corrected chi connectivity index (χ2v) is 8.62. The van der Waals surface area contributed by atoms with Crippen molar-refractivity contribution in [3.05, 3.63) is 71.1 Å². The third-order valence-electron chi connectivity index (χ3n) is 6.41. The molecule has 1 amide bonds. The van der Waals surface area contributed by atoms with Crippen molar-refractivity contribution in [2.24, 2.45) is 11.8 Å². The zero-order valence-electron chi connectivity index (χ0n) is 17.1. The first-order chi connectivity index (χ1) is 14.5. The van der Waals surface area contributed by atoms with Gasteiger partial charge in [-0.3, -0.25) is 9.78 Å². The molecule has 1 aromatic heterocycles. The molecular formula is C25H26ClFN2O. The second-order valence-electron chi connectivity index (χ2n) is 8.18. The Morgan fingerprint density at radius 2 is 1.87 bits per heavy atom. The highest BCUT2D eigenvalue weighted by Gasteiger charge is 2.32. The Balaban J connectivity index is 1.43. The van der Waals surface area contributed by atoms with Crippen molar-refractivity contribution in [1.29, 1.82) is 0 Å². The van der Waals surface area contributed by atoms with Gasteiger partial charge in [0.05, 0.1) is 5.52 Å². The van der Waals surface area contributed by atoms with Crippen molar-refractivity contribution in [3.8, 4) is 0 Å². The second kappa shape index (κ2) is 9.13. The molecule has 0 unspecified atom stereocenters. The first-order valence-corrected chi connectivity index (χ1v) is 11.0. The van der Waals surface area contributed by atoms with Crippen LogP contribution in [0.2, 0.25) is 5.02 Å². The number of hydrogen-bond donors (Lipinski definition) is 1. The third-order valence-corrected chi connectivity index (χ3v) is 6.66. The van der Waals surface area contributed by atoms with Crippen LogP contribution in [0.25, 0.3) is 10.9 Å². The van der Waals surface area contributed by atoms with Gasteiger partial charge in [-0.1, -0.05) is 18.5 Å². The Morgan fingerprint density at radius 1 is 1.13 bits per heavy atom. The summed E-state index contributed by atoms with van der Waals surface area (Å²) in [6.45, 7) is 2.09. The van der Waals surface area contributed by atoms with E-state index in [1.54, 1.807) is 18.3 Å². The monoisotopic (exact) mass is 424 g/mol. The van der Waals surface area contributed by atoms with Crippen LogP contribution in [0.1, 0.15) is 50.5 Å². The average molecular weight is 425 g/mol. The Kier molecular flexibility index (Phi) is 6.33. The molecule has 4 rings (SSSR count). The maximum Gasteiger partial charge on any atom is 0.227 e. The van der Waals surface area contributed by atoms with Crippen LogP contribution >= 0.6 is 11.6 Å². The number of carbonyl (C=O) groups is 1. The van der Waals surface area contributed by atoms with Gasteiger partial charge < -0.3 is 5.32 Å². The molecule has 3 aromatic rings. The molecule has 1 atom stereocenters. The molecular weight excluding hydrogens is 399 g/mol. The Hall–Kier alpha value is -2.46. The van der Waals surface area contributed by atoms with E-state index in [-0.39, 0.29) is 17.6 Å². The van der Waals surface area contributed by atoms with Gasteiger partial charge in [-0.15, -0.1) is 0 Å². The van der Waals surface area contributed by atoms with Crippen molar-refractivity contribution in [3.63, 3.8) is 0 Å². The minimum absolute atomic E-state index is 0.00454. The predicted octanol–water partition coefficient (Wildman–Crippen LogP) is 6.97. The van der Waals surface area contributed by atoms with Gasteiger partial charge in [0.15, 0.2) is 0 Å². The molecule has 1 fully saturated rings. The van der Waals surface area contributed by atoms with Gasteiger partial charge in [0.2, 0.25) is 5.91 Å². The maximum atomic E-state index is 13.6. The van der Waals surface area contributed by atoms with Crippen molar-refractivity contribution in [2.45, 2.75) is 44.9 Å². The Labute approximate surface area is 181 Å². The van der Waals surface area contributed by atoms with Crippen LogP contribution in [0.3, 0.4) is 0 Å². The van der Waals surface area contributed by atoms with Gasteiger partial charge in [-0.2, -0.15) is 0 Å². The van der Waals surface area contributed by atoms with Gasteiger partial charge in [0, 0.05) is 34.3 Å². The van der Waals surface area contributed by atoms with Gasteiger partial charge in [-0.25, -0.2) is 4.39 Å². The van der Waals surface area contributed by atoms with E-state index in [0.717, 1.165) is 43.2 Å². The van der Waals surface area contributed by atoms with Gasteiger partial charge in [0.1, 0.15) is 5.82 Å². The average Bonchev–Trinajstić information content (AvgIpc) is 2.76. The molecule has 0 saturated heterocycles. The number of carbonyl (C=O) groups excluding carboxylic acids is 1. The fourth-order valence-electron chi connectivity index (χ4n) is 4.83. The highest BCUT2D eigenvalue weighted by molar-refractivity contribution is 6.30. The molecule has 1 saturated carbocycles. The normalized spacial score (nSPS) is 20.1. The maximum absolute atomic E-state index is 13.6. The standard InChI is InChI=1S/C25H26ClFN2O/c1-2-21(25(30)29-20-10-7-18(26)8-11-20)16-3-5-17(6-4-16)22-13-14-28-24-15-19(27)9-12-23(22)24/h7-17,21H,2-6H2,1H3,(H,29,30)/t16-,17+,21-/m1/s1. The topological polar surface area (TPSA) is 42.0 Å². The van der Waals surface area contributed by atoms with E-state index in [0.29, 0.717) is 22.4 Å². The van der Waals surface area contributed by atoms with Crippen molar-refractivity contribution < 1.29 is 9.18 Å². The fraction of sp³-hybridized carbons (Fsp3) is 0.360. The minimum atomic E-state index is -0.256. The van der Waals surface area contributed by atoms with E-state index < -0.39 is 0 Å². The first kappa shape index (κ1) is 20.8. The van der Waals surface area contributed by atoms with E-state index >= 15 is 0 Å². The molecule has 0 bridgehead atoms. The molecule has 30 heavy (non-hydrogen) atoms. The summed E-state index contributed by atoms with van der Waals surface area (Å²) < 4.78 is 13.6. The highest BCUT2D eigenvalue weighted by atomic mass is 35.5. The van der Waals surface area contributed by atoms with Crippen LogP contribution in [-0.2, 0) is 4.79 Å². The smallest absolute Gasteiger partial charge is 0.227 e. The van der Waals surface area contributed by atoms with E-state index in [4.69, 9.17) is 11.6 Å². The summed E-state index contributed by atoms with van der Waals surface area (Å²) in [4.78, 5) is 17.2. The molecule has 0 radical (unpaired) electrons. The van der Waals surface area contributed by atoms with E-state index in [1.807, 2.05) is 18.2 Å². The van der Waals surface area contributed by atoms with Crippen LogP contribution < -0.4 is 5.32 Å². The first-order valence-electron chi connectivity index (χ1n) is 10.7. The molecule has 1 aliphatic carbocycles. The summed E-state index contributed by atoms with van der Waals surface area (Å²) in [5.41, 5.74) is 2.74. The summed E-state index contributed by atoms with van der Waals surface area (Å²) in [5, 5.41) is 4.74. The van der Waals surface area contributed by atoms with Crippen molar-refractivity contribution in [2.75, 3.05) is 5.32 Å². The van der Waals surface area contributed by atoms with Crippen molar-refractivity contribution >= 4 is 34.1 Å². The zero-order valence-corrected chi connectivity index (χ0v) is 17.8. The number of anilines is 1. The molecule has 0 aliphatic heterocycles. The molecule has 5 heteroatoms. The van der Waals surface area contributed by atoms with Gasteiger partial charge >= 0.3 is 0 Å². The van der Waals surface area contributed by atoms with E-state index in [1.165, 1.54) is 17.7 Å². The van der Waals surface area contributed by atoms with Crippen LogP contribution in [-0.4, -0.2) is 10.9 Å². The summed E-state index contributed by atoms with van der Waals surface area (Å²) in [5.74, 6) is 0.643. The summed E-state index contributed by atoms with van der Waals surface area (Å²) in [6.07, 6.45) is 6.70. The zero-order chi connectivity index (χ0) is 21.1. The third kappa shape index (κ3) is 4.49. The quantitative estimate of drug-likeness (QED) is 0.480. The van der Waals surface area contributed by atoms with Crippen LogP contribution in [0.4, 0.5) is 10.1 Å². The number of fused-ring (bicyclic) bond motifs is 1. The van der Waals surface area contributed by atoms with Crippen molar-refractivity contribution in [1.82, 2.24) is 4.98 Å². The van der Waals surface area contributed by atoms with E-state index in [2.05, 4.69) is 23.3 Å². The van der Waals surface area contributed by atoms with Gasteiger partial charge in [-0.05, 0) is 92.0 Å². The number of halogens is 2. The minimum Gasteiger partial charge on any atom is -0.326 e. The number of nitrogens with one attached hydrogen (secondary N) is 1. The number of benzene rings is 2. The van der Waals surface area contributed by atoms with Crippen LogP contribution in [0.5, 0.6) is 0 Å². The molecule has 1 heterocycles. The number of nitrogens with zero attached hydrogens (tertiary/aromatic N) is 1. The predicted molar refractivity (Wildman–Crippen MR) is 120 cm³/mol. The largest absolute Gasteiger partial charge is 0.326 e. The highest BCUT2D eigenvalue weighted by Crippen LogP contribution is 2.41. The number of pyridine rings is 1. The molecule has 0 spiro atoms. The summed E-state index contributed by atoms with van der Waals surface area (Å²) in [6, 6.07) is 14.2. The Morgan fingerprint density at radius 3 is 2.57 bits per heavy atom.